The average molecular weight is 367 g/mol. The van der Waals surface area contributed by atoms with Crippen LogP contribution >= 0.6 is 0 Å². The standard InChI is InChI=1S/C25H38N2/c1-26(2,3)19-11-17-25(18-12-20-27(4,5)6)23-15-9-7-13-21(23)22-14-8-10-16-24(22)25/h7-10,13-16H,11-12,17-20H2,1-6H3/q+2. The monoisotopic (exact) mass is 366 g/mol. The summed E-state index contributed by atoms with van der Waals surface area (Å²) in [4.78, 5) is 0. The molecule has 0 N–H and O–H groups in total. The van der Waals surface area contributed by atoms with Crippen LogP contribution in [0.15, 0.2) is 48.5 Å². The molecule has 0 fully saturated rings. The minimum atomic E-state index is 0.178. The van der Waals surface area contributed by atoms with Crippen molar-refractivity contribution < 1.29 is 8.97 Å². The summed E-state index contributed by atoms with van der Waals surface area (Å²) in [5.41, 5.74) is 6.23. The van der Waals surface area contributed by atoms with E-state index < -0.39 is 0 Å². The van der Waals surface area contributed by atoms with Crippen molar-refractivity contribution in [2.45, 2.75) is 31.1 Å². The van der Waals surface area contributed by atoms with Gasteiger partial charge in [0.15, 0.2) is 0 Å². The van der Waals surface area contributed by atoms with E-state index in [1.54, 1.807) is 11.1 Å². The quantitative estimate of drug-likeness (QED) is 0.581. The molecule has 2 nitrogen and oxygen atoms in total. The highest BCUT2D eigenvalue weighted by molar-refractivity contribution is 5.80. The SMILES string of the molecule is C[N+](C)(C)CCCC1(CCC[N+](C)(C)C)c2ccccc2-c2ccccc21. The molecule has 3 rings (SSSR count). The van der Waals surface area contributed by atoms with Crippen molar-refractivity contribution in [3.63, 3.8) is 0 Å². The number of hydrogen-bond acceptors (Lipinski definition) is 0. The number of fused-ring (bicyclic) bond motifs is 3. The molecule has 2 aromatic carbocycles. The summed E-state index contributed by atoms with van der Waals surface area (Å²) >= 11 is 0. The molecule has 0 bridgehead atoms. The summed E-state index contributed by atoms with van der Waals surface area (Å²) in [6.07, 6.45) is 5.01. The summed E-state index contributed by atoms with van der Waals surface area (Å²) in [5, 5.41) is 0. The van der Waals surface area contributed by atoms with Crippen LogP contribution in [0.1, 0.15) is 36.8 Å². The Morgan fingerprint density at radius 2 is 0.963 bits per heavy atom. The maximum atomic E-state index is 2.40. The van der Waals surface area contributed by atoms with Gasteiger partial charge in [-0.2, -0.15) is 0 Å². The van der Waals surface area contributed by atoms with Crippen molar-refractivity contribution in [1.82, 2.24) is 0 Å². The van der Waals surface area contributed by atoms with Crippen LogP contribution in [-0.4, -0.2) is 64.3 Å². The first-order chi connectivity index (χ1) is 12.6. The second kappa shape index (κ2) is 7.41. The summed E-state index contributed by atoms with van der Waals surface area (Å²) in [5.74, 6) is 0. The van der Waals surface area contributed by atoms with Crippen LogP contribution in [0.3, 0.4) is 0 Å². The van der Waals surface area contributed by atoms with E-state index in [0.717, 1.165) is 8.97 Å². The Kier molecular flexibility index (Phi) is 5.52. The maximum absolute atomic E-state index is 2.40. The van der Waals surface area contributed by atoms with Crippen molar-refractivity contribution in [3.05, 3.63) is 59.7 Å². The van der Waals surface area contributed by atoms with Gasteiger partial charge < -0.3 is 8.97 Å². The topological polar surface area (TPSA) is 0 Å². The second-order valence-corrected chi connectivity index (χ2v) is 10.4. The molecule has 0 saturated carbocycles. The van der Waals surface area contributed by atoms with E-state index in [9.17, 15) is 0 Å². The molecule has 0 aliphatic heterocycles. The summed E-state index contributed by atoms with van der Waals surface area (Å²) in [6, 6.07) is 18.3. The molecular formula is C25H38N2+2. The third kappa shape index (κ3) is 4.44. The van der Waals surface area contributed by atoms with E-state index in [-0.39, 0.29) is 5.41 Å². The van der Waals surface area contributed by atoms with Crippen LogP contribution in [0.2, 0.25) is 0 Å². The molecule has 0 aromatic heterocycles. The Hall–Kier alpha value is -1.64. The van der Waals surface area contributed by atoms with Crippen molar-refractivity contribution in [3.8, 4) is 11.1 Å². The molecule has 0 amide bonds. The molecule has 0 saturated heterocycles. The largest absolute Gasteiger partial charge is 0.331 e. The molecule has 27 heavy (non-hydrogen) atoms. The Morgan fingerprint density at radius 1 is 0.593 bits per heavy atom. The van der Waals surface area contributed by atoms with E-state index in [2.05, 4.69) is 90.8 Å². The first-order valence-corrected chi connectivity index (χ1v) is 10.4. The van der Waals surface area contributed by atoms with Crippen molar-refractivity contribution >= 4 is 0 Å². The predicted molar refractivity (Wildman–Crippen MR) is 117 cm³/mol. The molecule has 0 heterocycles. The number of rotatable bonds is 8. The number of benzene rings is 2. The number of hydrogen-bond donors (Lipinski definition) is 0. The summed E-state index contributed by atoms with van der Waals surface area (Å²) in [6.45, 7) is 2.45. The zero-order valence-electron chi connectivity index (χ0n) is 18.3. The van der Waals surface area contributed by atoms with Gasteiger partial charge in [-0.3, -0.25) is 0 Å². The smallest absolute Gasteiger partial charge is 0.0780 e. The minimum absolute atomic E-state index is 0.178. The molecule has 0 unspecified atom stereocenters. The van der Waals surface area contributed by atoms with Crippen LogP contribution < -0.4 is 0 Å². The summed E-state index contributed by atoms with van der Waals surface area (Å²) < 4.78 is 2.08. The summed E-state index contributed by atoms with van der Waals surface area (Å²) in [7, 11) is 13.8. The van der Waals surface area contributed by atoms with Gasteiger partial charge in [0, 0.05) is 5.41 Å². The highest BCUT2D eigenvalue weighted by atomic mass is 15.3. The highest BCUT2D eigenvalue weighted by Gasteiger charge is 2.42. The highest BCUT2D eigenvalue weighted by Crippen LogP contribution is 2.53. The average Bonchev–Trinajstić information content (AvgIpc) is 2.84. The van der Waals surface area contributed by atoms with Gasteiger partial charge in [-0.05, 0) is 47.9 Å². The fourth-order valence-corrected chi connectivity index (χ4v) is 4.79. The van der Waals surface area contributed by atoms with Crippen LogP contribution in [0.25, 0.3) is 11.1 Å². The third-order valence-electron chi connectivity index (χ3n) is 6.04. The van der Waals surface area contributed by atoms with E-state index >= 15 is 0 Å². The van der Waals surface area contributed by atoms with Gasteiger partial charge in [-0.1, -0.05) is 48.5 Å². The number of quaternary nitrogens is 2. The van der Waals surface area contributed by atoms with Gasteiger partial charge in [0.1, 0.15) is 0 Å². The van der Waals surface area contributed by atoms with Crippen molar-refractivity contribution in [1.29, 1.82) is 0 Å². The lowest BCUT2D eigenvalue weighted by Gasteiger charge is -2.35. The molecule has 0 atom stereocenters. The van der Waals surface area contributed by atoms with Crippen molar-refractivity contribution in [2.75, 3.05) is 55.4 Å². The zero-order chi connectivity index (χ0) is 19.7. The zero-order valence-corrected chi connectivity index (χ0v) is 18.3. The van der Waals surface area contributed by atoms with E-state index in [1.165, 1.54) is 49.9 Å². The van der Waals surface area contributed by atoms with Crippen LogP contribution in [-0.2, 0) is 5.41 Å². The Morgan fingerprint density at radius 3 is 1.33 bits per heavy atom. The van der Waals surface area contributed by atoms with Crippen LogP contribution in [0.5, 0.6) is 0 Å². The fraction of sp³-hybridized carbons (Fsp3) is 0.520. The fourth-order valence-electron chi connectivity index (χ4n) is 4.79. The molecular weight excluding hydrogens is 328 g/mol. The lowest BCUT2D eigenvalue weighted by Crippen LogP contribution is -2.38. The second-order valence-electron chi connectivity index (χ2n) is 10.4. The lowest BCUT2D eigenvalue weighted by atomic mass is 9.71. The Labute approximate surface area is 166 Å². The van der Waals surface area contributed by atoms with Crippen molar-refractivity contribution in [2.24, 2.45) is 0 Å². The molecule has 2 aromatic rings. The van der Waals surface area contributed by atoms with Crippen LogP contribution in [0, 0.1) is 0 Å². The minimum Gasteiger partial charge on any atom is -0.331 e. The lowest BCUT2D eigenvalue weighted by molar-refractivity contribution is -0.870. The molecule has 0 radical (unpaired) electrons. The predicted octanol–water partition coefficient (Wildman–Crippen LogP) is 4.93. The first kappa shape index (κ1) is 20.1. The molecule has 1 aliphatic rings. The van der Waals surface area contributed by atoms with Gasteiger partial charge in [0.05, 0.1) is 55.4 Å². The Bertz CT molecular complexity index is 710. The maximum Gasteiger partial charge on any atom is 0.0780 e. The van der Waals surface area contributed by atoms with Gasteiger partial charge >= 0.3 is 0 Å². The molecule has 1 aliphatic carbocycles. The normalized spacial score (nSPS) is 15.5. The van der Waals surface area contributed by atoms with Crippen LogP contribution in [0.4, 0.5) is 0 Å². The van der Waals surface area contributed by atoms with Gasteiger partial charge in [-0.15, -0.1) is 0 Å². The Balaban J connectivity index is 1.98. The van der Waals surface area contributed by atoms with E-state index in [4.69, 9.17) is 0 Å². The third-order valence-corrected chi connectivity index (χ3v) is 6.04. The molecule has 0 spiro atoms. The van der Waals surface area contributed by atoms with Gasteiger partial charge in [0.25, 0.3) is 0 Å². The van der Waals surface area contributed by atoms with Gasteiger partial charge in [0.2, 0.25) is 0 Å². The van der Waals surface area contributed by atoms with Gasteiger partial charge in [-0.25, -0.2) is 0 Å². The van der Waals surface area contributed by atoms with E-state index in [0.29, 0.717) is 0 Å². The van der Waals surface area contributed by atoms with E-state index in [1.807, 2.05) is 0 Å². The molecule has 146 valence electrons. The molecule has 2 heteroatoms. The first-order valence-electron chi connectivity index (χ1n) is 10.4. The number of nitrogens with zero attached hydrogens (tertiary/aromatic N) is 2.